The number of piperazine rings is 1. The van der Waals surface area contributed by atoms with Crippen LogP contribution in [0.1, 0.15) is 11.1 Å². The molecule has 2 N–H and O–H groups in total. The summed E-state index contributed by atoms with van der Waals surface area (Å²) >= 11 is 0. The first kappa shape index (κ1) is 12.4. The minimum Gasteiger partial charge on any atom is -0.313 e. The average molecular weight is 254 g/mol. The molecule has 2 aromatic rings. The minimum atomic E-state index is -0.499. The first-order chi connectivity index (χ1) is 9.34. The Labute approximate surface area is 113 Å². The minimum absolute atomic E-state index is 0.499. The third kappa shape index (κ3) is 2.06. The van der Waals surface area contributed by atoms with Gasteiger partial charge >= 0.3 is 0 Å². The first-order valence-corrected chi connectivity index (χ1v) is 6.62. The first-order valence-electron chi connectivity index (χ1n) is 6.62. The summed E-state index contributed by atoms with van der Waals surface area (Å²) in [6.07, 6.45) is 0. The van der Waals surface area contributed by atoms with Gasteiger partial charge in [0.25, 0.3) is 0 Å². The van der Waals surface area contributed by atoms with Crippen LogP contribution in [-0.4, -0.2) is 29.9 Å². The molecule has 0 radical (unpaired) electrons. The van der Waals surface area contributed by atoms with Crippen molar-refractivity contribution in [2.75, 3.05) is 19.6 Å². The fourth-order valence-electron chi connectivity index (χ4n) is 2.83. The summed E-state index contributed by atoms with van der Waals surface area (Å²) in [5.74, 6) is 0. The van der Waals surface area contributed by atoms with Gasteiger partial charge in [0.1, 0.15) is 5.54 Å². The zero-order valence-corrected chi connectivity index (χ0v) is 10.8. The second-order valence-corrected chi connectivity index (χ2v) is 4.89. The number of hydrogen-bond donors (Lipinski definition) is 2. The molecule has 0 bridgehead atoms. The highest BCUT2D eigenvalue weighted by Crippen LogP contribution is 2.35. The van der Waals surface area contributed by atoms with E-state index in [9.17, 15) is 5.21 Å². The van der Waals surface area contributed by atoms with Crippen LogP contribution >= 0.6 is 0 Å². The van der Waals surface area contributed by atoms with Crippen LogP contribution in [0, 0.1) is 0 Å². The molecule has 1 heterocycles. The largest absolute Gasteiger partial charge is 0.313 e. The summed E-state index contributed by atoms with van der Waals surface area (Å²) in [7, 11) is 0. The Morgan fingerprint density at radius 2 is 1.42 bits per heavy atom. The Kier molecular flexibility index (Phi) is 3.34. The zero-order chi connectivity index (χ0) is 13.1. The van der Waals surface area contributed by atoms with Crippen molar-refractivity contribution in [3.8, 4) is 0 Å². The number of rotatable bonds is 2. The lowest BCUT2D eigenvalue weighted by Crippen LogP contribution is -2.58. The maximum absolute atomic E-state index is 10.5. The lowest BCUT2D eigenvalue weighted by atomic mass is 9.81. The fraction of sp³-hybridized carbons (Fsp3) is 0.250. The Hall–Kier alpha value is -1.68. The molecule has 0 saturated carbocycles. The number of benzene rings is 2. The Morgan fingerprint density at radius 3 is 1.89 bits per heavy atom. The Morgan fingerprint density at radius 1 is 0.895 bits per heavy atom. The highest BCUT2D eigenvalue weighted by atomic mass is 16.5. The second kappa shape index (κ2) is 5.13. The number of hydrogen-bond acceptors (Lipinski definition) is 3. The summed E-state index contributed by atoms with van der Waals surface area (Å²) in [6, 6.07) is 20.4. The SMILES string of the molecule is ON1CCNCC1(c1ccccc1)c1ccccc1. The lowest BCUT2D eigenvalue weighted by molar-refractivity contribution is -0.173. The summed E-state index contributed by atoms with van der Waals surface area (Å²) in [6.45, 7) is 2.12. The van der Waals surface area contributed by atoms with Crippen LogP contribution in [0.25, 0.3) is 0 Å². The topological polar surface area (TPSA) is 35.5 Å². The second-order valence-electron chi connectivity index (χ2n) is 4.89. The normalized spacial score (nSPS) is 19.2. The van der Waals surface area contributed by atoms with E-state index in [1.54, 1.807) is 0 Å². The van der Waals surface area contributed by atoms with Crippen molar-refractivity contribution >= 4 is 0 Å². The molecule has 1 saturated heterocycles. The van der Waals surface area contributed by atoms with Gasteiger partial charge in [-0.2, -0.15) is 5.06 Å². The van der Waals surface area contributed by atoms with Gasteiger partial charge in [-0.05, 0) is 11.1 Å². The summed E-state index contributed by atoms with van der Waals surface area (Å²) in [4.78, 5) is 0. The Balaban J connectivity index is 2.16. The molecule has 3 rings (SSSR count). The molecule has 0 aromatic heterocycles. The molecule has 3 nitrogen and oxygen atoms in total. The molecule has 0 spiro atoms. The van der Waals surface area contributed by atoms with Crippen molar-refractivity contribution in [3.63, 3.8) is 0 Å². The van der Waals surface area contributed by atoms with Crippen molar-refractivity contribution in [1.29, 1.82) is 0 Å². The van der Waals surface area contributed by atoms with E-state index in [1.807, 2.05) is 36.4 Å². The summed E-state index contributed by atoms with van der Waals surface area (Å²) in [5.41, 5.74) is 1.72. The van der Waals surface area contributed by atoms with Crippen LogP contribution in [-0.2, 0) is 5.54 Å². The van der Waals surface area contributed by atoms with E-state index in [1.165, 1.54) is 5.06 Å². The average Bonchev–Trinajstić information content (AvgIpc) is 2.50. The van der Waals surface area contributed by atoms with Gasteiger partial charge in [0, 0.05) is 19.6 Å². The monoisotopic (exact) mass is 254 g/mol. The van der Waals surface area contributed by atoms with Gasteiger partial charge < -0.3 is 10.5 Å². The van der Waals surface area contributed by atoms with Gasteiger partial charge in [0.2, 0.25) is 0 Å². The van der Waals surface area contributed by atoms with Gasteiger partial charge in [-0.25, -0.2) is 0 Å². The van der Waals surface area contributed by atoms with E-state index < -0.39 is 5.54 Å². The standard InChI is InChI=1S/C16H18N2O/c19-18-12-11-17-13-16(18,14-7-3-1-4-8-14)15-9-5-2-6-10-15/h1-10,17,19H,11-13H2. The van der Waals surface area contributed by atoms with Gasteiger partial charge in [0.05, 0.1) is 0 Å². The van der Waals surface area contributed by atoms with Crippen LogP contribution in [0.4, 0.5) is 0 Å². The molecule has 0 atom stereocenters. The lowest BCUT2D eigenvalue weighted by Gasteiger charge is -2.44. The van der Waals surface area contributed by atoms with Gasteiger partial charge in [-0.15, -0.1) is 0 Å². The van der Waals surface area contributed by atoms with Crippen LogP contribution < -0.4 is 5.32 Å². The highest BCUT2D eigenvalue weighted by Gasteiger charge is 2.41. The van der Waals surface area contributed by atoms with Gasteiger partial charge in [-0.1, -0.05) is 60.7 Å². The summed E-state index contributed by atoms with van der Waals surface area (Å²) in [5, 5.41) is 15.4. The molecule has 0 amide bonds. The van der Waals surface area contributed by atoms with Crippen molar-refractivity contribution in [2.24, 2.45) is 0 Å². The molecule has 98 valence electrons. The number of hydroxylamine groups is 2. The van der Waals surface area contributed by atoms with Crippen molar-refractivity contribution < 1.29 is 5.21 Å². The van der Waals surface area contributed by atoms with E-state index in [-0.39, 0.29) is 0 Å². The number of nitrogens with zero attached hydrogens (tertiary/aromatic N) is 1. The maximum Gasteiger partial charge on any atom is 0.108 e. The van der Waals surface area contributed by atoms with E-state index in [0.29, 0.717) is 13.1 Å². The molecule has 0 aliphatic carbocycles. The summed E-state index contributed by atoms with van der Waals surface area (Å²) < 4.78 is 0. The highest BCUT2D eigenvalue weighted by molar-refractivity contribution is 5.39. The van der Waals surface area contributed by atoms with E-state index in [0.717, 1.165) is 17.7 Å². The fourth-order valence-corrected chi connectivity index (χ4v) is 2.83. The van der Waals surface area contributed by atoms with E-state index in [2.05, 4.69) is 29.6 Å². The maximum atomic E-state index is 10.5. The predicted octanol–water partition coefficient (Wildman–Crippen LogP) is 2.22. The smallest absolute Gasteiger partial charge is 0.108 e. The molecule has 1 fully saturated rings. The van der Waals surface area contributed by atoms with Crippen LogP contribution in [0.3, 0.4) is 0 Å². The van der Waals surface area contributed by atoms with Gasteiger partial charge in [0.15, 0.2) is 0 Å². The van der Waals surface area contributed by atoms with Crippen molar-refractivity contribution in [3.05, 3.63) is 71.8 Å². The number of nitrogens with one attached hydrogen (secondary N) is 1. The van der Waals surface area contributed by atoms with Crippen LogP contribution in [0.5, 0.6) is 0 Å². The molecule has 1 aliphatic heterocycles. The zero-order valence-electron chi connectivity index (χ0n) is 10.8. The molecular weight excluding hydrogens is 236 g/mol. The molecule has 2 aromatic carbocycles. The molecule has 1 aliphatic rings. The molecular formula is C16H18N2O. The van der Waals surface area contributed by atoms with E-state index in [4.69, 9.17) is 0 Å². The third-order valence-electron chi connectivity index (χ3n) is 3.82. The molecule has 0 unspecified atom stereocenters. The van der Waals surface area contributed by atoms with Crippen molar-refractivity contribution in [1.82, 2.24) is 10.4 Å². The predicted molar refractivity (Wildman–Crippen MR) is 75.0 cm³/mol. The van der Waals surface area contributed by atoms with Gasteiger partial charge in [-0.3, -0.25) is 0 Å². The third-order valence-corrected chi connectivity index (χ3v) is 3.82. The van der Waals surface area contributed by atoms with Crippen LogP contribution in [0.2, 0.25) is 0 Å². The molecule has 3 heteroatoms. The van der Waals surface area contributed by atoms with E-state index >= 15 is 0 Å². The quantitative estimate of drug-likeness (QED) is 0.862. The Bertz CT molecular complexity index is 487. The van der Waals surface area contributed by atoms with Crippen LogP contribution in [0.15, 0.2) is 60.7 Å². The van der Waals surface area contributed by atoms with Crippen molar-refractivity contribution in [2.45, 2.75) is 5.54 Å². The molecule has 19 heavy (non-hydrogen) atoms.